The quantitative estimate of drug-likeness (QED) is 0.242. The molecule has 0 spiro atoms. The first-order chi connectivity index (χ1) is 19.4. The fourth-order valence-electron chi connectivity index (χ4n) is 4.43. The number of halogens is 3. The number of pyridine rings is 1. The predicted molar refractivity (Wildman–Crippen MR) is 140 cm³/mol. The zero-order chi connectivity index (χ0) is 30.2. The van der Waals surface area contributed by atoms with Crippen LogP contribution in [0.1, 0.15) is 41.4 Å². The van der Waals surface area contributed by atoms with Crippen molar-refractivity contribution in [3.05, 3.63) is 71.4 Å². The molecule has 0 aliphatic carbocycles. The molecule has 4 N–H and O–H groups in total. The number of ether oxygens (including phenoxy) is 2. The van der Waals surface area contributed by atoms with Crippen LogP contribution in [0.4, 0.5) is 13.2 Å². The normalized spacial score (nSPS) is 15.2. The van der Waals surface area contributed by atoms with E-state index < -0.39 is 29.5 Å². The van der Waals surface area contributed by atoms with Gasteiger partial charge in [0.1, 0.15) is 12.4 Å². The number of hydrogen-bond donors (Lipinski definition) is 4. The van der Waals surface area contributed by atoms with Crippen LogP contribution < -0.4 is 15.5 Å². The third kappa shape index (κ3) is 8.14. The first-order valence-electron chi connectivity index (χ1n) is 12.6. The first-order valence-corrected chi connectivity index (χ1v) is 12.6. The van der Waals surface area contributed by atoms with E-state index in [0.717, 1.165) is 22.2 Å². The van der Waals surface area contributed by atoms with E-state index in [0.29, 0.717) is 44.0 Å². The van der Waals surface area contributed by atoms with Gasteiger partial charge in [0, 0.05) is 35.4 Å². The second-order valence-corrected chi connectivity index (χ2v) is 9.48. The van der Waals surface area contributed by atoms with Crippen LogP contribution in [0.25, 0.3) is 10.9 Å². The molecule has 1 unspecified atom stereocenters. The van der Waals surface area contributed by atoms with Crippen molar-refractivity contribution in [3.8, 4) is 5.75 Å². The summed E-state index contributed by atoms with van der Waals surface area (Å²) in [6.07, 6.45) is -4.12. The van der Waals surface area contributed by atoms with Crippen molar-refractivity contribution in [2.24, 2.45) is 5.92 Å². The van der Waals surface area contributed by atoms with Gasteiger partial charge in [-0.1, -0.05) is 25.1 Å². The number of carbonyl (C=O) groups is 3. The number of hydroxylamine groups is 1. The molecule has 1 aliphatic rings. The van der Waals surface area contributed by atoms with E-state index in [4.69, 9.17) is 24.6 Å². The lowest BCUT2D eigenvalue weighted by atomic mass is 9.78. The summed E-state index contributed by atoms with van der Waals surface area (Å²) in [6.45, 7) is 4.89. The molecule has 2 amide bonds. The summed E-state index contributed by atoms with van der Waals surface area (Å²) < 4.78 is 43.1. The number of benzene rings is 2. The van der Waals surface area contributed by atoms with Crippen LogP contribution in [0, 0.1) is 12.8 Å². The van der Waals surface area contributed by atoms with Gasteiger partial charge in [-0.25, -0.2) is 10.3 Å². The highest BCUT2D eigenvalue weighted by atomic mass is 19.4. The lowest BCUT2D eigenvalue weighted by Crippen LogP contribution is -2.59. The van der Waals surface area contributed by atoms with E-state index in [1.807, 2.05) is 37.3 Å². The van der Waals surface area contributed by atoms with Crippen LogP contribution >= 0.6 is 0 Å². The van der Waals surface area contributed by atoms with Gasteiger partial charge in [-0.3, -0.25) is 19.8 Å². The Hall–Kier alpha value is -4.23. The highest BCUT2D eigenvalue weighted by Gasteiger charge is 2.43. The smallest absolute Gasteiger partial charge is 0.489 e. The van der Waals surface area contributed by atoms with Crippen LogP contribution in [0.2, 0.25) is 0 Å². The maximum atomic E-state index is 13.0. The molecule has 220 valence electrons. The molecule has 0 saturated carbocycles. The van der Waals surface area contributed by atoms with Crippen molar-refractivity contribution in [3.63, 3.8) is 0 Å². The number of fused-ring (bicyclic) bond motifs is 1. The van der Waals surface area contributed by atoms with Crippen LogP contribution in [0.15, 0.2) is 54.6 Å². The summed E-state index contributed by atoms with van der Waals surface area (Å²) in [7, 11) is 0. The first kappa shape index (κ1) is 31.3. The second kappa shape index (κ2) is 13.4. The number of alkyl halides is 3. The summed E-state index contributed by atoms with van der Waals surface area (Å²) >= 11 is 0. The number of aryl methyl sites for hydroxylation is 1. The molecule has 3 aromatic rings. The van der Waals surface area contributed by atoms with Crippen molar-refractivity contribution >= 4 is 28.7 Å². The van der Waals surface area contributed by atoms with Crippen molar-refractivity contribution in [2.75, 3.05) is 13.2 Å². The molecule has 1 aromatic heterocycles. The number of nitrogens with one attached hydrogen (secondary N) is 2. The van der Waals surface area contributed by atoms with E-state index in [1.165, 1.54) is 0 Å². The Labute approximate surface area is 233 Å². The Morgan fingerprint density at radius 3 is 2.29 bits per heavy atom. The molecular weight excluding hydrogens is 547 g/mol. The van der Waals surface area contributed by atoms with Gasteiger partial charge in [-0.15, -0.1) is 0 Å². The highest BCUT2D eigenvalue weighted by Crippen LogP contribution is 2.30. The summed E-state index contributed by atoms with van der Waals surface area (Å²) in [6, 6.07) is 16.9. The lowest BCUT2D eigenvalue weighted by molar-refractivity contribution is -0.192. The molecule has 1 atom stereocenters. The molecule has 4 rings (SSSR count). The summed E-state index contributed by atoms with van der Waals surface area (Å²) in [4.78, 5) is 38.6. The molecule has 1 saturated heterocycles. The third-order valence-electron chi connectivity index (χ3n) is 6.76. The van der Waals surface area contributed by atoms with E-state index in [1.54, 1.807) is 36.7 Å². The molecule has 2 aromatic carbocycles. The largest absolute Gasteiger partial charge is 0.490 e. The zero-order valence-electron chi connectivity index (χ0n) is 22.3. The molecule has 10 nitrogen and oxygen atoms in total. The number of carboxylic acids is 1. The van der Waals surface area contributed by atoms with Crippen LogP contribution in [0.3, 0.4) is 0 Å². The Bertz CT molecular complexity index is 1370. The van der Waals surface area contributed by atoms with Gasteiger partial charge in [-0.2, -0.15) is 13.2 Å². The van der Waals surface area contributed by atoms with Gasteiger partial charge in [0.2, 0.25) is 5.91 Å². The van der Waals surface area contributed by atoms with Gasteiger partial charge in [0.25, 0.3) is 5.91 Å². The average Bonchev–Trinajstić information content (AvgIpc) is 2.95. The van der Waals surface area contributed by atoms with Gasteiger partial charge < -0.3 is 19.9 Å². The standard InChI is InChI=1S/C26H29N3O5.C2HF3O2/c1-17-15-20(22-5-3-4-6-23(22)27-17)16-34-21-9-7-19(8-10-21)25(31)28-26(11-13-33-14-12-26)18(2)24(30)29-32;3-2(4,5)1(6)7/h3-10,15,18,32H,11-14,16H2,1-2H3,(H,28,31)(H,29,30);(H,6,7). The van der Waals surface area contributed by atoms with E-state index in [9.17, 15) is 22.8 Å². The lowest BCUT2D eigenvalue weighted by Gasteiger charge is -2.41. The number of rotatable bonds is 7. The Kier molecular flexibility index (Phi) is 10.2. The Balaban J connectivity index is 0.000000587. The SMILES string of the molecule is Cc1cc(COc2ccc(C(=O)NC3(C(C)C(=O)NO)CCOCC3)cc2)c2ccccc2n1.O=C(O)C(F)(F)F. The van der Waals surface area contributed by atoms with Gasteiger partial charge in [-0.05, 0) is 56.2 Å². The Morgan fingerprint density at radius 1 is 1.10 bits per heavy atom. The van der Waals surface area contributed by atoms with E-state index in [-0.39, 0.29) is 5.91 Å². The molecule has 1 aliphatic heterocycles. The van der Waals surface area contributed by atoms with Gasteiger partial charge in [0.15, 0.2) is 0 Å². The van der Waals surface area contributed by atoms with Crippen LogP contribution in [0.5, 0.6) is 5.75 Å². The average molecular weight is 578 g/mol. The summed E-state index contributed by atoms with van der Waals surface area (Å²) in [5.41, 5.74) is 4.26. The molecular formula is C28H30F3N3O7. The fourth-order valence-corrected chi connectivity index (χ4v) is 4.43. The van der Waals surface area contributed by atoms with Crippen molar-refractivity contribution in [1.29, 1.82) is 0 Å². The molecule has 41 heavy (non-hydrogen) atoms. The number of hydrogen-bond acceptors (Lipinski definition) is 7. The minimum atomic E-state index is -5.08. The monoisotopic (exact) mass is 577 g/mol. The zero-order valence-corrected chi connectivity index (χ0v) is 22.3. The van der Waals surface area contributed by atoms with Gasteiger partial charge in [0.05, 0.1) is 17.0 Å². The maximum absolute atomic E-state index is 13.0. The fraction of sp³-hybridized carbons (Fsp3) is 0.357. The third-order valence-corrected chi connectivity index (χ3v) is 6.76. The topological polar surface area (TPSA) is 147 Å². The summed E-state index contributed by atoms with van der Waals surface area (Å²) in [5.74, 6) is -3.56. The molecule has 0 radical (unpaired) electrons. The molecule has 0 bridgehead atoms. The number of nitrogens with zero attached hydrogens (tertiary/aromatic N) is 1. The minimum absolute atomic E-state index is 0.290. The van der Waals surface area contributed by atoms with Crippen molar-refractivity contribution in [1.82, 2.24) is 15.8 Å². The minimum Gasteiger partial charge on any atom is -0.489 e. The predicted octanol–water partition coefficient (Wildman–Crippen LogP) is 4.18. The number of aromatic nitrogens is 1. The number of carbonyl (C=O) groups excluding carboxylic acids is 2. The van der Waals surface area contributed by atoms with Crippen LogP contribution in [-0.4, -0.2) is 58.0 Å². The van der Waals surface area contributed by atoms with Crippen molar-refractivity contribution < 1.29 is 47.3 Å². The number of carboxylic acid groups (broad SMARTS) is 1. The maximum Gasteiger partial charge on any atom is 0.490 e. The number of amides is 2. The highest BCUT2D eigenvalue weighted by molar-refractivity contribution is 5.95. The molecule has 1 fully saturated rings. The van der Waals surface area contributed by atoms with Crippen molar-refractivity contribution in [2.45, 2.75) is 45.0 Å². The number of aliphatic carboxylic acids is 1. The Morgan fingerprint density at radius 2 is 1.71 bits per heavy atom. The van der Waals surface area contributed by atoms with Gasteiger partial charge >= 0.3 is 12.1 Å². The van der Waals surface area contributed by atoms with E-state index >= 15 is 0 Å². The number of para-hydroxylation sites is 1. The second-order valence-electron chi connectivity index (χ2n) is 9.48. The summed E-state index contributed by atoms with van der Waals surface area (Å²) in [5, 5.41) is 20.3. The molecule has 2 heterocycles. The van der Waals surface area contributed by atoms with E-state index in [2.05, 4.69) is 10.3 Å². The van der Waals surface area contributed by atoms with Crippen LogP contribution in [-0.2, 0) is 20.9 Å². The molecule has 13 heteroatoms.